The van der Waals surface area contributed by atoms with E-state index in [2.05, 4.69) is 21.2 Å². The second-order valence-corrected chi connectivity index (χ2v) is 7.31. The Morgan fingerprint density at radius 1 is 1.14 bits per heavy atom. The Morgan fingerprint density at radius 2 is 2.00 bits per heavy atom. The smallest absolute Gasteiger partial charge is 0.175 e. The molecule has 1 heterocycles. The molecule has 0 saturated heterocycles. The van der Waals surface area contributed by atoms with Crippen LogP contribution in [-0.2, 0) is 19.7 Å². The molecule has 0 radical (unpaired) electrons. The molecule has 0 aliphatic carbocycles. The minimum absolute atomic E-state index is 0.202. The molecule has 28 heavy (non-hydrogen) atoms. The van der Waals surface area contributed by atoms with E-state index >= 15 is 0 Å². The van der Waals surface area contributed by atoms with Gasteiger partial charge in [-0.25, -0.2) is 4.39 Å². The first-order valence-corrected chi connectivity index (χ1v) is 9.99. The quantitative estimate of drug-likeness (QED) is 0.412. The van der Waals surface area contributed by atoms with Gasteiger partial charge < -0.3 is 19.2 Å². The monoisotopic (exact) mass is 467 g/mol. The van der Waals surface area contributed by atoms with Gasteiger partial charge in [-0.2, -0.15) is 0 Å². The summed E-state index contributed by atoms with van der Waals surface area (Å²) in [6.07, 6.45) is 1.65. The van der Waals surface area contributed by atoms with Crippen LogP contribution in [0.25, 0.3) is 0 Å². The van der Waals surface area contributed by atoms with Crippen molar-refractivity contribution in [2.24, 2.45) is 0 Å². The van der Waals surface area contributed by atoms with Crippen LogP contribution in [0.2, 0.25) is 5.02 Å². The number of ether oxygens (including phenoxy) is 2. The molecule has 3 aromatic rings. The number of hydrogen-bond acceptors (Lipinski definition) is 4. The first kappa shape index (κ1) is 20.7. The molecule has 0 spiro atoms. The lowest BCUT2D eigenvalue weighted by molar-refractivity contribution is 0.267. The third kappa shape index (κ3) is 5.50. The summed E-state index contributed by atoms with van der Waals surface area (Å²) in [4.78, 5) is 0. The molecule has 0 fully saturated rings. The molecular formula is C21H20BrClFNO3. The van der Waals surface area contributed by atoms with Crippen molar-refractivity contribution in [3.05, 3.63) is 80.9 Å². The van der Waals surface area contributed by atoms with E-state index < -0.39 is 0 Å². The summed E-state index contributed by atoms with van der Waals surface area (Å²) in [5, 5.41) is 3.65. The van der Waals surface area contributed by atoms with Gasteiger partial charge in [-0.05, 0) is 64.8 Å². The minimum atomic E-state index is -0.378. The summed E-state index contributed by atoms with van der Waals surface area (Å²) in [6.45, 7) is 3.90. The molecule has 0 bridgehead atoms. The average Bonchev–Trinajstić information content (AvgIpc) is 3.16. The predicted octanol–water partition coefficient (Wildman–Crippen LogP) is 6.10. The number of halogens is 3. The highest BCUT2D eigenvalue weighted by Crippen LogP contribution is 2.38. The van der Waals surface area contributed by atoms with Gasteiger partial charge >= 0.3 is 0 Å². The Labute approximate surface area is 176 Å². The van der Waals surface area contributed by atoms with E-state index in [1.165, 1.54) is 12.1 Å². The summed E-state index contributed by atoms with van der Waals surface area (Å²) >= 11 is 9.64. The van der Waals surface area contributed by atoms with Crippen molar-refractivity contribution in [2.75, 3.05) is 6.61 Å². The van der Waals surface area contributed by atoms with Gasteiger partial charge in [0.15, 0.2) is 11.5 Å². The number of nitrogens with one attached hydrogen (secondary N) is 1. The van der Waals surface area contributed by atoms with Crippen molar-refractivity contribution < 1.29 is 18.3 Å². The Hall–Kier alpha value is -2.02. The van der Waals surface area contributed by atoms with Crippen LogP contribution >= 0.6 is 27.5 Å². The normalized spacial score (nSPS) is 10.9. The Balaban J connectivity index is 1.70. The first-order valence-electron chi connectivity index (χ1n) is 8.82. The topological polar surface area (TPSA) is 43.6 Å². The molecule has 0 atom stereocenters. The van der Waals surface area contributed by atoms with Crippen LogP contribution in [0.4, 0.5) is 4.39 Å². The lowest BCUT2D eigenvalue weighted by Gasteiger charge is -2.16. The molecule has 1 aromatic heterocycles. The van der Waals surface area contributed by atoms with E-state index in [4.69, 9.17) is 25.5 Å². The Bertz CT molecular complexity index is 918. The molecule has 0 amide bonds. The molecule has 7 heteroatoms. The summed E-state index contributed by atoms with van der Waals surface area (Å²) in [5.41, 5.74) is 1.73. The van der Waals surface area contributed by atoms with Gasteiger partial charge in [0.05, 0.1) is 28.9 Å². The van der Waals surface area contributed by atoms with Crippen LogP contribution in [-0.4, -0.2) is 6.61 Å². The van der Waals surface area contributed by atoms with Crippen molar-refractivity contribution in [2.45, 2.75) is 26.6 Å². The summed E-state index contributed by atoms with van der Waals surface area (Å²) < 4.78 is 31.0. The highest BCUT2D eigenvalue weighted by atomic mass is 79.9. The van der Waals surface area contributed by atoms with Gasteiger partial charge in [0.1, 0.15) is 18.2 Å². The lowest BCUT2D eigenvalue weighted by atomic mass is 10.2. The van der Waals surface area contributed by atoms with Crippen LogP contribution < -0.4 is 14.8 Å². The van der Waals surface area contributed by atoms with Crippen molar-refractivity contribution in [3.8, 4) is 11.5 Å². The van der Waals surface area contributed by atoms with E-state index in [0.29, 0.717) is 41.8 Å². The third-order valence-corrected chi connectivity index (χ3v) is 4.91. The van der Waals surface area contributed by atoms with Gasteiger partial charge in [-0.1, -0.05) is 17.7 Å². The lowest BCUT2D eigenvalue weighted by Crippen LogP contribution is -2.12. The number of benzene rings is 2. The Kier molecular flexibility index (Phi) is 7.36. The van der Waals surface area contributed by atoms with Gasteiger partial charge in [0.25, 0.3) is 0 Å². The minimum Gasteiger partial charge on any atom is -0.490 e. The second-order valence-electron chi connectivity index (χ2n) is 6.05. The largest absolute Gasteiger partial charge is 0.490 e. The van der Waals surface area contributed by atoms with Gasteiger partial charge in [0.2, 0.25) is 0 Å². The van der Waals surface area contributed by atoms with Crippen LogP contribution in [0, 0.1) is 5.82 Å². The van der Waals surface area contributed by atoms with Gasteiger partial charge in [-0.15, -0.1) is 0 Å². The highest BCUT2D eigenvalue weighted by Gasteiger charge is 2.14. The zero-order valence-corrected chi connectivity index (χ0v) is 17.6. The van der Waals surface area contributed by atoms with E-state index in [0.717, 1.165) is 15.8 Å². The molecule has 3 rings (SSSR count). The fraction of sp³-hybridized carbons (Fsp3) is 0.238. The van der Waals surface area contributed by atoms with Crippen LogP contribution in [0.15, 0.2) is 57.6 Å². The zero-order valence-electron chi connectivity index (χ0n) is 15.3. The fourth-order valence-electron chi connectivity index (χ4n) is 2.66. The molecule has 4 nitrogen and oxygen atoms in total. The molecular weight excluding hydrogens is 449 g/mol. The predicted molar refractivity (Wildman–Crippen MR) is 110 cm³/mol. The van der Waals surface area contributed by atoms with Crippen molar-refractivity contribution >= 4 is 27.5 Å². The maximum Gasteiger partial charge on any atom is 0.175 e. The first-order chi connectivity index (χ1) is 13.6. The second kappa shape index (κ2) is 9.96. The molecule has 0 aliphatic rings. The fourth-order valence-corrected chi connectivity index (χ4v) is 3.48. The number of rotatable bonds is 9. The van der Waals surface area contributed by atoms with E-state index in [9.17, 15) is 4.39 Å². The molecule has 1 N–H and O–H groups in total. The molecule has 0 saturated carbocycles. The maximum atomic E-state index is 13.2. The van der Waals surface area contributed by atoms with Crippen molar-refractivity contribution in [3.63, 3.8) is 0 Å². The van der Waals surface area contributed by atoms with E-state index in [1.54, 1.807) is 12.3 Å². The molecule has 2 aromatic carbocycles. The van der Waals surface area contributed by atoms with Gasteiger partial charge in [0, 0.05) is 12.1 Å². The van der Waals surface area contributed by atoms with Crippen LogP contribution in [0.1, 0.15) is 23.8 Å². The summed E-state index contributed by atoms with van der Waals surface area (Å²) in [6, 6.07) is 11.9. The average molecular weight is 469 g/mol. The third-order valence-electron chi connectivity index (χ3n) is 3.96. The van der Waals surface area contributed by atoms with E-state index in [1.807, 2.05) is 31.2 Å². The summed E-state index contributed by atoms with van der Waals surface area (Å²) in [7, 11) is 0. The maximum absolute atomic E-state index is 13.2. The zero-order chi connectivity index (χ0) is 19.9. The number of furan rings is 1. The molecule has 0 aliphatic heterocycles. The SMILES string of the molecule is CCOc1cc(CNCc2ccco2)cc(Br)c1OCc1ccc(F)cc1Cl. The molecule has 0 unspecified atom stereocenters. The highest BCUT2D eigenvalue weighted by molar-refractivity contribution is 9.10. The van der Waals surface area contributed by atoms with Crippen LogP contribution in [0.3, 0.4) is 0 Å². The van der Waals surface area contributed by atoms with Crippen LogP contribution in [0.5, 0.6) is 11.5 Å². The van der Waals surface area contributed by atoms with Crippen molar-refractivity contribution in [1.29, 1.82) is 0 Å². The van der Waals surface area contributed by atoms with E-state index in [-0.39, 0.29) is 12.4 Å². The van der Waals surface area contributed by atoms with Crippen molar-refractivity contribution in [1.82, 2.24) is 5.32 Å². The summed E-state index contributed by atoms with van der Waals surface area (Å²) in [5.74, 6) is 1.71. The Morgan fingerprint density at radius 3 is 2.71 bits per heavy atom. The number of hydrogen-bond donors (Lipinski definition) is 1. The molecule has 148 valence electrons. The standard InChI is InChI=1S/C21H20BrClFNO3/c1-2-26-20-9-14(11-25-12-17-4-3-7-27-17)8-18(22)21(20)28-13-15-5-6-16(24)10-19(15)23/h3-10,25H,2,11-13H2,1H3. The van der Waals surface area contributed by atoms with Gasteiger partial charge in [-0.3, -0.25) is 0 Å².